The van der Waals surface area contributed by atoms with E-state index in [2.05, 4.69) is 15.6 Å². The number of hydrogen-bond acceptors (Lipinski definition) is 6. The Morgan fingerprint density at radius 3 is 2.37 bits per heavy atom. The molecule has 30 heavy (non-hydrogen) atoms. The molecule has 3 aromatic rings. The summed E-state index contributed by atoms with van der Waals surface area (Å²) in [6.07, 6.45) is 0. The zero-order chi connectivity index (χ0) is 21.7. The number of rotatable bonds is 7. The smallest absolute Gasteiger partial charge is 0.390 e. The molecule has 1 heterocycles. The quantitative estimate of drug-likeness (QED) is 0.367. The van der Waals surface area contributed by atoms with Gasteiger partial charge in [-0.3, -0.25) is 4.79 Å². The summed E-state index contributed by atoms with van der Waals surface area (Å²) in [5.41, 5.74) is 6.09. The van der Waals surface area contributed by atoms with Gasteiger partial charge in [-0.2, -0.15) is 9.78 Å². The molecular formula is C21H21N5O4. The lowest BCUT2D eigenvalue weighted by Gasteiger charge is -2.05. The summed E-state index contributed by atoms with van der Waals surface area (Å²) < 4.78 is 6.68. The number of nitrogens with zero attached hydrogens (tertiary/aromatic N) is 4. The fourth-order valence-electron chi connectivity index (χ4n) is 2.77. The second kappa shape index (κ2) is 8.99. The van der Waals surface area contributed by atoms with Gasteiger partial charge in [0.05, 0.1) is 36.2 Å². The van der Waals surface area contributed by atoms with Gasteiger partial charge in [0.1, 0.15) is 5.75 Å². The lowest BCUT2D eigenvalue weighted by molar-refractivity contribution is -0.389. The Morgan fingerprint density at radius 1 is 1.17 bits per heavy atom. The van der Waals surface area contributed by atoms with Crippen LogP contribution in [0.2, 0.25) is 0 Å². The lowest BCUT2D eigenvalue weighted by atomic mass is 10.1. The van der Waals surface area contributed by atoms with Crippen molar-refractivity contribution in [3.05, 3.63) is 87.1 Å². The topological polar surface area (TPSA) is 112 Å². The van der Waals surface area contributed by atoms with E-state index in [4.69, 9.17) is 4.74 Å². The zero-order valence-corrected chi connectivity index (χ0v) is 16.8. The van der Waals surface area contributed by atoms with E-state index in [0.29, 0.717) is 23.5 Å². The van der Waals surface area contributed by atoms with Crippen molar-refractivity contribution in [1.29, 1.82) is 0 Å². The SMILES string of the molecule is COc1ccc(/C(C)=N/NC(=O)c2ccc(Cn3nc([N+](=O)[O-])cc3C)cc2)cc1. The molecule has 0 saturated heterocycles. The van der Waals surface area contributed by atoms with Crippen molar-refractivity contribution in [2.45, 2.75) is 20.4 Å². The van der Waals surface area contributed by atoms with Crippen LogP contribution in [-0.2, 0) is 6.54 Å². The molecule has 1 N–H and O–H groups in total. The molecule has 0 unspecified atom stereocenters. The molecular weight excluding hydrogens is 386 g/mol. The number of aromatic nitrogens is 2. The van der Waals surface area contributed by atoms with Crippen LogP contribution in [0.15, 0.2) is 59.7 Å². The van der Waals surface area contributed by atoms with Crippen molar-refractivity contribution in [2.75, 3.05) is 7.11 Å². The Bertz CT molecular complexity index is 1090. The highest BCUT2D eigenvalue weighted by atomic mass is 16.6. The molecule has 0 saturated carbocycles. The summed E-state index contributed by atoms with van der Waals surface area (Å²) in [7, 11) is 1.60. The molecule has 1 amide bonds. The summed E-state index contributed by atoms with van der Waals surface area (Å²) in [5, 5.41) is 18.9. The predicted octanol–water partition coefficient (Wildman–Crippen LogP) is 3.31. The van der Waals surface area contributed by atoms with Crippen molar-refractivity contribution in [2.24, 2.45) is 5.10 Å². The van der Waals surface area contributed by atoms with Crippen LogP contribution in [0.4, 0.5) is 5.82 Å². The van der Waals surface area contributed by atoms with Gasteiger partial charge in [-0.25, -0.2) is 5.43 Å². The normalized spacial score (nSPS) is 11.2. The summed E-state index contributed by atoms with van der Waals surface area (Å²) in [4.78, 5) is 22.7. The second-order valence-electron chi connectivity index (χ2n) is 6.62. The second-order valence-corrected chi connectivity index (χ2v) is 6.62. The lowest BCUT2D eigenvalue weighted by Crippen LogP contribution is -2.19. The van der Waals surface area contributed by atoms with Gasteiger partial charge < -0.3 is 14.9 Å². The largest absolute Gasteiger partial charge is 0.497 e. The minimum atomic E-state index is -0.522. The maximum atomic E-state index is 12.4. The highest BCUT2D eigenvalue weighted by Gasteiger charge is 2.15. The van der Waals surface area contributed by atoms with E-state index in [1.54, 1.807) is 49.9 Å². The molecule has 0 radical (unpaired) electrons. The van der Waals surface area contributed by atoms with Gasteiger partial charge in [0.25, 0.3) is 5.91 Å². The number of hydrogen-bond donors (Lipinski definition) is 1. The molecule has 0 bridgehead atoms. The van der Waals surface area contributed by atoms with Gasteiger partial charge in [-0.15, -0.1) is 0 Å². The van der Waals surface area contributed by atoms with Crippen molar-refractivity contribution in [3.8, 4) is 5.75 Å². The van der Waals surface area contributed by atoms with E-state index in [1.807, 2.05) is 24.3 Å². The summed E-state index contributed by atoms with van der Waals surface area (Å²) >= 11 is 0. The number of benzene rings is 2. The molecule has 154 valence electrons. The molecule has 0 aliphatic heterocycles. The molecule has 0 fully saturated rings. The highest BCUT2D eigenvalue weighted by Crippen LogP contribution is 2.14. The Balaban J connectivity index is 1.63. The Labute approximate surface area is 173 Å². The number of nitro groups is 1. The fraction of sp³-hybridized carbons (Fsp3) is 0.190. The third-order valence-corrected chi connectivity index (χ3v) is 4.54. The molecule has 9 heteroatoms. The third-order valence-electron chi connectivity index (χ3n) is 4.54. The average Bonchev–Trinajstić information content (AvgIpc) is 3.13. The number of nitrogens with one attached hydrogen (secondary N) is 1. The Hall–Kier alpha value is -4.01. The van der Waals surface area contributed by atoms with Crippen molar-refractivity contribution in [1.82, 2.24) is 15.2 Å². The van der Waals surface area contributed by atoms with Gasteiger partial charge >= 0.3 is 5.82 Å². The summed E-state index contributed by atoms with van der Waals surface area (Å²) in [6.45, 7) is 3.93. The van der Waals surface area contributed by atoms with E-state index < -0.39 is 4.92 Å². The first-order valence-electron chi connectivity index (χ1n) is 9.14. The predicted molar refractivity (Wildman–Crippen MR) is 112 cm³/mol. The van der Waals surface area contributed by atoms with Crippen molar-refractivity contribution < 1.29 is 14.5 Å². The molecule has 0 aliphatic carbocycles. The minimum absolute atomic E-state index is 0.186. The number of carbonyl (C=O) groups excluding carboxylic acids is 1. The Morgan fingerprint density at radius 2 is 1.80 bits per heavy atom. The maximum absolute atomic E-state index is 12.4. The van der Waals surface area contributed by atoms with Crippen molar-refractivity contribution in [3.63, 3.8) is 0 Å². The van der Waals surface area contributed by atoms with E-state index in [-0.39, 0.29) is 11.7 Å². The first-order chi connectivity index (χ1) is 14.4. The van der Waals surface area contributed by atoms with Crippen LogP contribution < -0.4 is 10.2 Å². The molecule has 3 rings (SSSR count). The first kappa shape index (κ1) is 20.7. The minimum Gasteiger partial charge on any atom is -0.497 e. The number of ether oxygens (including phenoxy) is 1. The fourth-order valence-corrected chi connectivity index (χ4v) is 2.77. The van der Waals surface area contributed by atoms with E-state index in [0.717, 1.165) is 16.9 Å². The van der Waals surface area contributed by atoms with E-state index >= 15 is 0 Å². The standard InChI is InChI=1S/C21H21N5O4/c1-14-12-20(26(28)29)24-25(14)13-16-4-6-18(7-5-16)21(27)23-22-15(2)17-8-10-19(30-3)11-9-17/h4-12H,13H2,1-3H3,(H,23,27)/b22-15+. The third kappa shape index (κ3) is 4.88. The molecule has 2 aromatic carbocycles. The number of aryl methyl sites for hydroxylation is 1. The average molecular weight is 407 g/mol. The van der Waals surface area contributed by atoms with Gasteiger partial charge in [0.2, 0.25) is 0 Å². The number of carbonyl (C=O) groups is 1. The van der Waals surface area contributed by atoms with Crippen LogP contribution in [0.1, 0.15) is 34.1 Å². The Kier molecular flexibility index (Phi) is 6.21. The molecule has 9 nitrogen and oxygen atoms in total. The van der Waals surface area contributed by atoms with Gasteiger partial charge in [-0.05, 0) is 66.3 Å². The molecule has 1 aromatic heterocycles. The monoisotopic (exact) mass is 407 g/mol. The van der Waals surface area contributed by atoms with Crippen LogP contribution in [-0.4, -0.2) is 33.4 Å². The van der Waals surface area contributed by atoms with Gasteiger partial charge in [0, 0.05) is 5.56 Å². The summed E-state index contributed by atoms with van der Waals surface area (Å²) in [6, 6.07) is 15.7. The highest BCUT2D eigenvalue weighted by molar-refractivity contribution is 6.00. The molecule has 0 spiro atoms. The number of hydrazone groups is 1. The first-order valence-corrected chi connectivity index (χ1v) is 9.14. The van der Waals surface area contributed by atoms with Crippen LogP contribution in [0, 0.1) is 17.0 Å². The van der Waals surface area contributed by atoms with Crippen LogP contribution in [0.3, 0.4) is 0 Å². The van der Waals surface area contributed by atoms with Gasteiger partial charge in [-0.1, -0.05) is 12.1 Å². The summed E-state index contributed by atoms with van der Waals surface area (Å²) in [5.74, 6) is 0.226. The van der Waals surface area contributed by atoms with Crippen LogP contribution in [0.25, 0.3) is 0 Å². The van der Waals surface area contributed by atoms with Gasteiger partial charge in [0.15, 0.2) is 0 Å². The van der Waals surface area contributed by atoms with Crippen LogP contribution >= 0.6 is 0 Å². The number of amides is 1. The van der Waals surface area contributed by atoms with Crippen molar-refractivity contribution >= 4 is 17.4 Å². The van der Waals surface area contributed by atoms with E-state index in [1.165, 1.54) is 6.07 Å². The number of methoxy groups -OCH3 is 1. The molecule has 0 aliphatic rings. The maximum Gasteiger partial charge on any atom is 0.390 e. The molecule has 0 atom stereocenters. The van der Waals surface area contributed by atoms with E-state index in [9.17, 15) is 14.9 Å². The zero-order valence-electron chi connectivity index (χ0n) is 16.8. The van der Waals surface area contributed by atoms with Crippen LogP contribution in [0.5, 0.6) is 5.75 Å².